The largest absolute Gasteiger partial charge is 0.455 e. The van der Waals surface area contributed by atoms with Crippen LogP contribution in [0.25, 0.3) is 87.3 Å². The van der Waals surface area contributed by atoms with Crippen LogP contribution in [-0.2, 0) is 0 Å². The summed E-state index contributed by atoms with van der Waals surface area (Å²) in [5, 5.41) is 12.0. The second-order valence-corrected chi connectivity index (χ2v) is 14.1. The Morgan fingerprint density at radius 1 is 0.315 bits per heavy atom. The number of fused-ring (bicyclic) bond motifs is 9. The third-order valence-corrected chi connectivity index (χ3v) is 11.0. The molecule has 0 radical (unpaired) electrons. The van der Waals surface area contributed by atoms with Gasteiger partial charge in [-0.25, -0.2) is 0 Å². The molecular formula is C52H33NO. The predicted molar refractivity (Wildman–Crippen MR) is 229 cm³/mol. The molecule has 1 aromatic heterocycles. The molecule has 252 valence electrons. The zero-order valence-corrected chi connectivity index (χ0v) is 29.4. The van der Waals surface area contributed by atoms with Gasteiger partial charge in [0.15, 0.2) is 0 Å². The van der Waals surface area contributed by atoms with E-state index in [1.54, 1.807) is 0 Å². The summed E-state index contributed by atoms with van der Waals surface area (Å²) in [6.07, 6.45) is 0. The van der Waals surface area contributed by atoms with Crippen molar-refractivity contribution < 1.29 is 4.42 Å². The molecule has 0 atom stereocenters. The number of hydrogen-bond acceptors (Lipinski definition) is 2. The molecule has 2 heteroatoms. The normalized spacial score (nSPS) is 11.7. The molecule has 0 saturated heterocycles. The summed E-state index contributed by atoms with van der Waals surface area (Å²) < 4.78 is 6.51. The van der Waals surface area contributed by atoms with Gasteiger partial charge in [-0.2, -0.15) is 0 Å². The summed E-state index contributed by atoms with van der Waals surface area (Å²) in [6.45, 7) is 0. The maximum absolute atomic E-state index is 6.51. The van der Waals surface area contributed by atoms with Crippen LogP contribution in [0.5, 0.6) is 0 Å². The fraction of sp³-hybridized carbons (Fsp3) is 0. The lowest BCUT2D eigenvalue weighted by atomic mass is 9.97. The lowest BCUT2D eigenvalue weighted by molar-refractivity contribution is 0.672. The fourth-order valence-corrected chi connectivity index (χ4v) is 8.32. The number of anilines is 3. The van der Waals surface area contributed by atoms with E-state index in [-0.39, 0.29) is 0 Å². The summed E-state index contributed by atoms with van der Waals surface area (Å²) in [6, 6.07) is 72.4. The van der Waals surface area contributed by atoms with E-state index >= 15 is 0 Å². The van der Waals surface area contributed by atoms with Gasteiger partial charge in [0.05, 0.1) is 5.69 Å². The van der Waals surface area contributed by atoms with E-state index in [1.807, 2.05) is 0 Å². The Hall–Kier alpha value is -7.16. The third kappa shape index (κ3) is 4.96. The molecule has 0 saturated carbocycles. The Morgan fingerprint density at radius 2 is 0.907 bits per heavy atom. The molecule has 0 unspecified atom stereocenters. The lowest BCUT2D eigenvalue weighted by Gasteiger charge is -2.28. The summed E-state index contributed by atoms with van der Waals surface area (Å²) in [4.78, 5) is 2.40. The highest BCUT2D eigenvalue weighted by Gasteiger charge is 2.19. The van der Waals surface area contributed by atoms with Crippen LogP contribution < -0.4 is 4.90 Å². The van der Waals surface area contributed by atoms with Gasteiger partial charge in [-0.3, -0.25) is 0 Å². The SMILES string of the molecule is c1ccc(N(c2ccc(-c3ccc4ccccc4c3)cc2)c2ccc3c(ccc4ccccc43)c2)c(-c2ccc3oc4c5ccccc5ccc4c3c2)c1. The Bertz CT molecular complexity index is 3230. The van der Waals surface area contributed by atoms with Crippen LogP contribution in [0.1, 0.15) is 0 Å². The van der Waals surface area contributed by atoms with Crippen LogP contribution >= 0.6 is 0 Å². The molecule has 0 aliphatic carbocycles. The van der Waals surface area contributed by atoms with Gasteiger partial charge < -0.3 is 9.32 Å². The molecule has 0 aliphatic rings. The van der Waals surface area contributed by atoms with Crippen molar-refractivity contribution in [1.29, 1.82) is 0 Å². The Labute approximate surface area is 312 Å². The van der Waals surface area contributed by atoms with Crippen molar-refractivity contribution in [2.45, 2.75) is 0 Å². The maximum atomic E-state index is 6.51. The highest BCUT2D eigenvalue weighted by Crippen LogP contribution is 2.44. The number of rotatable bonds is 5. The second kappa shape index (κ2) is 12.2. The topological polar surface area (TPSA) is 16.4 Å². The zero-order valence-electron chi connectivity index (χ0n) is 29.4. The molecule has 0 spiro atoms. The average Bonchev–Trinajstić information content (AvgIpc) is 3.62. The van der Waals surface area contributed by atoms with Crippen LogP contribution in [-0.4, -0.2) is 0 Å². The van der Waals surface area contributed by atoms with Gasteiger partial charge in [0.1, 0.15) is 11.2 Å². The van der Waals surface area contributed by atoms with Crippen LogP contribution in [0, 0.1) is 0 Å². The monoisotopic (exact) mass is 687 g/mol. The number of para-hydroxylation sites is 1. The first-order chi connectivity index (χ1) is 26.7. The zero-order chi connectivity index (χ0) is 35.6. The smallest absolute Gasteiger partial charge is 0.143 e. The van der Waals surface area contributed by atoms with Gasteiger partial charge in [-0.15, -0.1) is 0 Å². The summed E-state index contributed by atoms with van der Waals surface area (Å²) >= 11 is 0. The van der Waals surface area contributed by atoms with Crippen molar-refractivity contribution in [1.82, 2.24) is 0 Å². The first kappa shape index (κ1) is 30.5. The van der Waals surface area contributed by atoms with E-state index < -0.39 is 0 Å². The second-order valence-electron chi connectivity index (χ2n) is 14.1. The van der Waals surface area contributed by atoms with E-state index in [4.69, 9.17) is 4.42 Å². The van der Waals surface area contributed by atoms with Crippen LogP contribution in [0.15, 0.2) is 205 Å². The van der Waals surface area contributed by atoms with E-state index in [1.165, 1.54) is 48.8 Å². The van der Waals surface area contributed by atoms with Crippen molar-refractivity contribution in [2.75, 3.05) is 4.90 Å². The Balaban J connectivity index is 1.08. The molecule has 10 aromatic carbocycles. The minimum atomic E-state index is 0.894. The Morgan fingerprint density at radius 3 is 1.78 bits per heavy atom. The van der Waals surface area contributed by atoms with Crippen molar-refractivity contribution in [3.05, 3.63) is 200 Å². The van der Waals surface area contributed by atoms with Gasteiger partial charge >= 0.3 is 0 Å². The average molecular weight is 688 g/mol. The predicted octanol–water partition coefficient (Wildman–Crippen LogP) is 15.0. The van der Waals surface area contributed by atoms with E-state index in [0.717, 1.165) is 55.5 Å². The quantitative estimate of drug-likeness (QED) is 0.168. The third-order valence-electron chi connectivity index (χ3n) is 11.0. The van der Waals surface area contributed by atoms with E-state index in [0.29, 0.717) is 0 Å². The molecule has 0 aliphatic heterocycles. The maximum Gasteiger partial charge on any atom is 0.143 e. The van der Waals surface area contributed by atoms with Crippen molar-refractivity contribution >= 4 is 82.1 Å². The Kier molecular flexibility index (Phi) is 6.90. The highest BCUT2D eigenvalue weighted by atomic mass is 16.3. The molecule has 54 heavy (non-hydrogen) atoms. The molecule has 0 bridgehead atoms. The van der Waals surface area contributed by atoms with Crippen molar-refractivity contribution in [2.24, 2.45) is 0 Å². The molecule has 2 nitrogen and oxygen atoms in total. The van der Waals surface area contributed by atoms with Gasteiger partial charge in [0, 0.05) is 33.1 Å². The molecular weight excluding hydrogens is 655 g/mol. The molecule has 11 aromatic rings. The minimum absolute atomic E-state index is 0.894. The van der Waals surface area contributed by atoms with E-state index in [2.05, 4.69) is 205 Å². The van der Waals surface area contributed by atoms with Crippen LogP contribution in [0.4, 0.5) is 17.1 Å². The molecule has 0 N–H and O–H groups in total. The number of nitrogens with zero attached hydrogens (tertiary/aromatic N) is 1. The van der Waals surface area contributed by atoms with Gasteiger partial charge in [-0.1, -0.05) is 146 Å². The summed E-state index contributed by atoms with van der Waals surface area (Å²) in [5.74, 6) is 0. The van der Waals surface area contributed by atoms with Gasteiger partial charge in [-0.05, 0) is 109 Å². The highest BCUT2D eigenvalue weighted by molar-refractivity contribution is 6.16. The summed E-state index contributed by atoms with van der Waals surface area (Å²) in [7, 11) is 0. The van der Waals surface area contributed by atoms with Crippen LogP contribution in [0.3, 0.4) is 0 Å². The van der Waals surface area contributed by atoms with Crippen molar-refractivity contribution in [3.8, 4) is 22.3 Å². The standard InChI is InChI=1S/C52H33NO/c1-2-12-38-31-39(19-17-34(38)9-1)35-21-25-42(26-22-35)53(43-27-29-45-40(32-43)20-18-36-10-3-5-13-44(36)45)50-16-8-7-14-46(50)41-24-30-51-49(33-41)48-28-23-37-11-4-6-15-47(37)52(48)54-51/h1-33H. The number of benzene rings is 10. The van der Waals surface area contributed by atoms with Crippen LogP contribution in [0.2, 0.25) is 0 Å². The lowest BCUT2D eigenvalue weighted by Crippen LogP contribution is -2.11. The summed E-state index contributed by atoms with van der Waals surface area (Å²) in [5.41, 5.74) is 9.80. The van der Waals surface area contributed by atoms with Crippen molar-refractivity contribution in [3.63, 3.8) is 0 Å². The van der Waals surface area contributed by atoms with E-state index in [9.17, 15) is 0 Å². The van der Waals surface area contributed by atoms with Gasteiger partial charge in [0.2, 0.25) is 0 Å². The molecule has 0 amide bonds. The number of hydrogen-bond donors (Lipinski definition) is 0. The fourth-order valence-electron chi connectivity index (χ4n) is 8.32. The number of furan rings is 1. The first-order valence-corrected chi connectivity index (χ1v) is 18.5. The first-order valence-electron chi connectivity index (χ1n) is 18.5. The minimum Gasteiger partial charge on any atom is -0.455 e. The van der Waals surface area contributed by atoms with Gasteiger partial charge in [0.25, 0.3) is 0 Å². The molecule has 11 rings (SSSR count). The molecule has 1 heterocycles. The molecule has 0 fully saturated rings.